The number of nitrogens with one attached hydrogen (secondary N) is 2. The normalized spacial score (nSPS) is 31.4. The van der Waals surface area contributed by atoms with Gasteiger partial charge < -0.3 is 15.4 Å². The summed E-state index contributed by atoms with van der Waals surface area (Å²) in [5.74, 6) is 0.975. The number of ether oxygens (including phenoxy) is 1. The summed E-state index contributed by atoms with van der Waals surface area (Å²) in [6.45, 7) is 2.75. The number of hydrogen-bond acceptors (Lipinski definition) is 3. The minimum atomic E-state index is 0.00515. The van der Waals surface area contributed by atoms with Crippen LogP contribution in [0.5, 0.6) is 0 Å². The molecule has 4 unspecified atom stereocenters. The molecule has 1 heterocycles. The highest BCUT2D eigenvalue weighted by molar-refractivity contribution is 5.82. The van der Waals surface area contributed by atoms with Crippen LogP contribution < -0.4 is 10.6 Å². The van der Waals surface area contributed by atoms with Crippen molar-refractivity contribution in [2.75, 3.05) is 13.7 Å². The zero-order valence-corrected chi connectivity index (χ0v) is 13.0. The van der Waals surface area contributed by atoms with E-state index in [0.717, 1.165) is 25.2 Å². The molecule has 1 saturated heterocycles. The molecule has 4 nitrogen and oxygen atoms in total. The van der Waals surface area contributed by atoms with Crippen molar-refractivity contribution in [3.05, 3.63) is 0 Å². The molecule has 116 valence electrons. The summed E-state index contributed by atoms with van der Waals surface area (Å²) in [6, 6.07) is 0.731. The fraction of sp³-hybridized carbons (Fsp3) is 0.938. The summed E-state index contributed by atoms with van der Waals surface area (Å²) >= 11 is 0. The molecule has 2 rings (SSSR count). The van der Waals surface area contributed by atoms with Crippen molar-refractivity contribution in [3.8, 4) is 0 Å². The average Bonchev–Trinajstić information content (AvgIpc) is 2.47. The van der Waals surface area contributed by atoms with Crippen molar-refractivity contribution in [1.82, 2.24) is 10.6 Å². The third-order valence-corrected chi connectivity index (χ3v) is 4.82. The standard InChI is InChI=1S/C16H30N2O2/c1-3-6-13(11-20-2)17-16(19)15-10-9-12-7-4-5-8-14(12)18-15/h12-15,18H,3-11H2,1-2H3,(H,17,19). The number of amides is 1. The van der Waals surface area contributed by atoms with Crippen molar-refractivity contribution in [2.24, 2.45) is 5.92 Å². The fourth-order valence-electron chi connectivity index (χ4n) is 3.75. The maximum Gasteiger partial charge on any atom is 0.237 e. The SMILES string of the molecule is CCCC(COC)NC(=O)C1CCC2CCCCC2N1. The Morgan fingerprint density at radius 2 is 2.10 bits per heavy atom. The van der Waals surface area contributed by atoms with Gasteiger partial charge in [-0.3, -0.25) is 4.79 Å². The van der Waals surface area contributed by atoms with Gasteiger partial charge in [0.05, 0.1) is 18.7 Å². The van der Waals surface area contributed by atoms with E-state index < -0.39 is 0 Å². The van der Waals surface area contributed by atoms with Crippen molar-refractivity contribution < 1.29 is 9.53 Å². The number of methoxy groups -OCH3 is 1. The predicted octanol–water partition coefficient (Wildman–Crippen LogP) is 2.23. The molecule has 0 bridgehead atoms. The Hall–Kier alpha value is -0.610. The molecule has 1 amide bonds. The minimum Gasteiger partial charge on any atom is -0.383 e. The van der Waals surface area contributed by atoms with Crippen molar-refractivity contribution in [3.63, 3.8) is 0 Å². The van der Waals surface area contributed by atoms with Gasteiger partial charge in [0.2, 0.25) is 5.91 Å². The molecule has 0 aromatic rings. The van der Waals surface area contributed by atoms with Crippen LogP contribution in [-0.2, 0) is 9.53 Å². The Morgan fingerprint density at radius 3 is 2.85 bits per heavy atom. The van der Waals surface area contributed by atoms with Gasteiger partial charge in [0.25, 0.3) is 0 Å². The Bertz CT molecular complexity index is 303. The van der Waals surface area contributed by atoms with E-state index in [1.54, 1.807) is 7.11 Å². The van der Waals surface area contributed by atoms with E-state index in [4.69, 9.17) is 4.74 Å². The summed E-state index contributed by atoms with van der Waals surface area (Å²) in [6.07, 6.45) is 9.50. The van der Waals surface area contributed by atoms with E-state index in [2.05, 4.69) is 17.6 Å². The summed E-state index contributed by atoms with van der Waals surface area (Å²) in [5, 5.41) is 6.75. The molecule has 20 heavy (non-hydrogen) atoms. The van der Waals surface area contributed by atoms with Gasteiger partial charge in [0.15, 0.2) is 0 Å². The first-order valence-electron chi connectivity index (χ1n) is 8.30. The van der Waals surface area contributed by atoms with Crippen molar-refractivity contribution in [1.29, 1.82) is 0 Å². The molecule has 0 radical (unpaired) electrons. The van der Waals surface area contributed by atoms with Gasteiger partial charge in [-0.1, -0.05) is 26.2 Å². The lowest BCUT2D eigenvalue weighted by molar-refractivity contribution is -0.125. The summed E-state index contributed by atoms with van der Waals surface area (Å²) < 4.78 is 5.20. The summed E-state index contributed by atoms with van der Waals surface area (Å²) in [5.41, 5.74) is 0. The van der Waals surface area contributed by atoms with E-state index in [1.165, 1.54) is 32.1 Å². The van der Waals surface area contributed by atoms with Crippen LogP contribution in [-0.4, -0.2) is 37.7 Å². The van der Waals surface area contributed by atoms with Crippen molar-refractivity contribution in [2.45, 2.75) is 76.4 Å². The second-order valence-electron chi connectivity index (χ2n) is 6.40. The zero-order valence-electron chi connectivity index (χ0n) is 13.0. The largest absolute Gasteiger partial charge is 0.383 e. The topological polar surface area (TPSA) is 50.4 Å². The molecule has 1 aliphatic carbocycles. The molecule has 2 aliphatic rings. The molecule has 0 aromatic heterocycles. The van der Waals surface area contributed by atoms with E-state index >= 15 is 0 Å². The minimum absolute atomic E-state index is 0.00515. The van der Waals surface area contributed by atoms with Gasteiger partial charge in [0.1, 0.15) is 0 Å². The van der Waals surface area contributed by atoms with Gasteiger partial charge in [-0.25, -0.2) is 0 Å². The van der Waals surface area contributed by atoms with Crippen LogP contribution in [0, 0.1) is 5.92 Å². The van der Waals surface area contributed by atoms with Crippen LogP contribution in [0.1, 0.15) is 58.3 Å². The second-order valence-corrected chi connectivity index (χ2v) is 6.40. The number of piperidine rings is 1. The first-order valence-corrected chi connectivity index (χ1v) is 8.30. The van der Waals surface area contributed by atoms with Crippen molar-refractivity contribution >= 4 is 5.91 Å². The Kier molecular flexibility index (Phi) is 6.30. The quantitative estimate of drug-likeness (QED) is 0.785. The smallest absolute Gasteiger partial charge is 0.237 e. The molecule has 0 aromatic carbocycles. The molecule has 4 heteroatoms. The molecule has 2 fully saturated rings. The Morgan fingerprint density at radius 1 is 1.30 bits per heavy atom. The van der Waals surface area contributed by atoms with Gasteiger partial charge in [-0.05, 0) is 38.0 Å². The highest BCUT2D eigenvalue weighted by Gasteiger charge is 2.34. The average molecular weight is 282 g/mol. The third-order valence-electron chi connectivity index (χ3n) is 4.82. The summed E-state index contributed by atoms with van der Waals surface area (Å²) in [4.78, 5) is 12.4. The molecular formula is C16H30N2O2. The summed E-state index contributed by atoms with van der Waals surface area (Å²) in [7, 11) is 1.69. The second kappa shape index (κ2) is 7.99. The van der Waals surface area contributed by atoms with Crippen LogP contribution >= 0.6 is 0 Å². The first kappa shape index (κ1) is 15.8. The lowest BCUT2D eigenvalue weighted by atomic mass is 9.77. The number of carbonyl (C=O) groups excluding carboxylic acids is 1. The van der Waals surface area contributed by atoms with Crippen LogP contribution in [0.2, 0.25) is 0 Å². The maximum atomic E-state index is 12.4. The zero-order chi connectivity index (χ0) is 14.4. The molecule has 1 saturated carbocycles. The van der Waals surface area contributed by atoms with Gasteiger partial charge in [-0.2, -0.15) is 0 Å². The van der Waals surface area contributed by atoms with E-state index in [1.807, 2.05) is 0 Å². The molecule has 4 atom stereocenters. The maximum absolute atomic E-state index is 12.4. The van der Waals surface area contributed by atoms with Gasteiger partial charge in [0, 0.05) is 13.2 Å². The molecule has 2 N–H and O–H groups in total. The number of hydrogen-bond donors (Lipinski definition) is 2. The lowest BCUT2D eigenvalue weighted by Gasteiger charge is -2.40. The number of fused-ring (bicyclic) bond motifs is 1. The highest BCUT2D eigenvalue weighted by Crippen LogP contribution is 2.32. The predicted molar refractivity (Wildman–Crippen MR) is 80.6 cm³/mol. The molecule has 1 aliphatic heterocycles. The van der Waals surface area contributed by atoms with Crippen LogP contribution in [0.15, 0.2) is 0 Å². The Balaban J connectivity index is 1.82. The Labute approximate surface area is 123 Å². The molecule has 0 spiro atoms. The number of rotatable bonds is 6. The fourth-order valence-corrected chi connectivity index (χ4v) is 3.75. The lowest BCUT2D eigenvalue weighted by Crippen LogP contribution is -2.56. The monoisotopic (exact) mass is 282 g/mol. The third kappa shape index (κ3) is 4.19. The molecular weight excluding hydrogens is 252 g/mol. The number of carbonyl (C=O) groups is 1. The van der Waals surface area contributed by atoms with Crippen LogP contribution in [0.3, 0.4) is 0 Å². The van der Waals surface area contributed by atoms with Crippen LogP contribution in [0.25, 0.3) is 0 Å². The van der Waals surface area contributed by atoms with E-state index in [-0.39, 0.29) is 18.0 Å². The van der Waals surface area contributed by atoms with E-state index in [9.17, 15) is 4.79 Å². The van der Waals surface area contributed by atoms with Crippen LogP contribution in [0.4, 0.5) is 0 Å². The van der Waals surface area contributed by atoms with Gasteiger partial charge >= 0.3 is 0 Å². The van der Waals surface area contributed by atoms with Gasteiger partial charge in [-0.15, -0.1) is 0 Å². The first-order chi connectivity index (χ1) is 9.74. The van der Waals surface area contributed by atoms with E-state index in [0.29, 0.717) is 12.6 Å². The highest BCUT2D eigenvalue weighted by atomic mass is 16.5.